The van der Waals surface area contributed by atoms with E-state index >= 15 is 0 Å². The topological polar surface area (TPSA) is 82.6 Å². The Balaban J connectivity index is 1.66. The fraction of sp³-hybridized carbons (Fsp3) is 0.217. The van der Waals surface area contributed by atoms with Gasteiger partial charge in [-0.15, -0.1) is 0 Å². The molecule has 0 radical (unpaired) electrons. The number of rotatable bonds is 6. The van der Waals surface area contributed by atoms with E-state index in [4.69, 9.17) is 4.74 Å². The molecule has 1 aliphatic heterocycles. The Labute approximate surface area is 172 Å². The first-order valence-corrected chi connectivity index (χ1v) is 9.55. The number of hydrogen-bond acceptors (Lipinski definition) is 4. The van der Waals surface area contributed by atoms with Crippen LogP contribution in [-0.2, 0) is 16.0 Å². The normalized spacial score (nSPS) is 16.6. The first-order chi connectivity index (χ1) is 14.4. The lowest BCUT2D eigenvalue weighted by Crippen LogP contribution is -2.32. The van der Waals surface area contributed by atoms with Crippen LogP contribution in [0.25, 0.3) is 10.9 Å². The van der Waals surface area contributed by atoms with Gasteiger partial charge < -0.3 is 19.7 Å². The lowest BCUT2D eigenvalue weighted by molar-refractivity contribution is -0.129. The molecule has 2 heterocycles. The Hall–Kier alpha value is -3.61. The summed E-state index contributed by atoms with van der Waals surface area (Å²) >= 11 is 0. The number of methoxy groups -OCH3 is 1. The number of amides is 1. The number of aromatic nitrogens is 1. The van der Waals surface area contributed by atoms with E-state index in [1.165, 1.54) is 36.1 Å². The summed E-state index contributed by atoms with van der Waals surface area (Å²) < 4.78 is 18.7. The zero-order valence-electron chi connectivity index (χ0n) is 16.6. The van der Waals surface area contributed by atoms with Crippen LogP contribution in [0.2, 0.25) is 0 Å². The molecule has 0 fully saturated rings. The summed E-state index contributed by atoms with van der Waals surface area (Å²) in [5.74, 6) is -1.23. The van der Waals surface area contributed by atoms with Gasteiger partial charge in [0.25, 0.3) is 5.91 Å². The molecule has 0 saturated heterocycles. The van der Waals surface area contributed by atoms with Crippen molar-refractivity contribution in [2.75, 3.05) is 13.7 Å². The summed E-state index contributed by atoms with van der Waals surface area (Å²) in [5.41, 5.74) is 2.52. The number of hydrogen-bond donors (Lipinski definition) is 2. The maximum atomic E-state index is 13.4. The number of nitrogens with zero attached hydrogens (tertiary/aromatic N) is 1. The van der Waals surface area contributed by atoms with Crippen molar-refractivity contribution in [1.82, 2.24) is 9.88 Å². The van der Waals surface area contributed by atoms with E-state index < -0.39 is 29.3 Å². The minimum absolute atomic E-state index is 0.0344. The van der Waals surface area contributed by atoms with Gasteiger partial charge in [-0.3, -0.25) is 9.59 Å². The average molecular weight is 408 g/mol. The van der Waals surface area contributed by atoms with E-state index in [9.17, 15) is 19.1 Å². The predicted octanol–water partition coefficient (Wildman–Crippen LogP) is 3.84. The second-order valence-corrected chi connectivity index (χ2v) is 7.25. The van der Waals surface area contributed by atoms with Gasteiger partial charge in [-0.2, -0.15) is 0 Å². The predicted molar refractivity (Wildman–Crippen MR) is 110 cm³/mol. The maximum absolute atomic E-state index is 13.4. The number of aromatic amines is 1. The monoisotopic (exact) mass is 408 g/mol. The number of ketones is 1. The molecule has 3 aromatic rings. The SMILES string of the molecule is COc1ccc2[nH]cc(CCN3C(=O)C(O)=C(C(C)=O)[C@H]3c3ccc(F)cc3)c2c1. The molecular weight excluding hydrogens is 387 g/mol. The summed E-state index contributed by atoms with van der Waals surface area (Å²) in [6, 6.07) is 10.5. The van der Waals surface area contributed by atoms with Crippen molar-refractivity contribution >= 4 is 22.6 Å². The third kappa shape index (κ3) is 3.32. The number of halogens is 1. The largest absolute Gasteiger partial charge is 0.503 e. The number of nitrogens with one attached hydrogen (secondary N) is 1. The Morgan fingerprint density at radius 3 is 2.63 bits per heavy atom. The van der Waals surface area contributed by atoms with E-state index in [0.29, 0.717) is 12.0 Å². The molecule has 30 heavy (non-hydrogen) atoms. The van der Waals surface area contributed by atoms with Gasteiger partial charge in [-0.1, -0.05) is 12.1 Å². The van der Waals surface area contributed by atoms with Gasteiger partial charge in [0.1, 0.15) is 11.6 Å². The molecule has 0 aliphatic carbocycles. The zero-order valence-corrected chi connectivity index (χ0v) is 16.6. The summed E-state index contributed by atoms with van der Waals surface area (Å²) in [4.78, 5) is 29.6. The van der Waals surface area contributed by atoms with Crippen LogP contribution in [-0.4, -0.2) is 40.3 Å². The Morgan fingerprint density at radius 1 is 1.23 bits per heavy atom. The smallest absolute Gasteiger partial charge is 0.290 e. The number of aliphatic hydroxyl groups is 1. The number of aliphatic hydroxyl groups excluding tert-OH is 1. The molecule has 1 aromatic heterocycles. The minimum atomic E-state index is -0.754. The maximum Gasteiger partial charge on any atom is 0.290 e. The lowest BCUT2D eigenvalue weighted by atomic mass is 9.96. The van der Waals surface area contributed by atoms with E-state index in [1.54, 1.807) is 7.11 Å². The van der Waals surface area contributed by atoms with Crippen LogP contribution >= 0.6 is 0 Å². The number of carbonyl (C=O) groups is 2. The Kier molecular flexibility index (Phi) is 5.03. The fourth-order valence-corrected chi connectivity index (χ4v) is 3.97. The molecule has 0 unspecified atom stereocenters. The van der Waals surface area contributed by atoms with Crippen LogP contribution in [0.5, 0.6) is 5.75 Å². The number of H-pyrrole nitrogens is 1. The van der Waals surface area contributed by atoms with Crippen LogP contribution in [0.4, 0.5) is 4.39 Å². The van der Waals surface area contributed by atoms with Gasteiger partial charge in [0.15, 0.2) is 11.5 Å². The third-order valence-electron chi connectivity index (χ3n) is 5.47. The van der Waals surface area contributed by atoms with Crippen molar-refractivity contribution in [1.29, 1.82) is 0 Å². The first kappa shape index (κ1) is 19.7. The highest BCUT2D eigenvalue weighted by Gasteiger charge is 2.42. The lowest BCUT2D eigenvalue weighted by Gasteiger charge is -2.26. The second kappa shape index (κ2) is 7.67. The van der Waals surface area contributed by atoms with Crippen molar-refractivity contribution in [2.45, 2.75) is 19.4 Å². The molecular formula is C23H21FN2O4. The second-order valence-electron chi connectivity index (χ2n) is 7.25. The van der Waals surface area contributed by atoms with Gasteiger partial charge in [0.2, 0.25) is 0 Å². The van der Waals surface area contributed by atoms with E-state index in [1.807, 2.05) is 24.4 Å². The van der Waals surface area contributed by atoms with Gasteiger partial charge >= 0.3 is 0 Å². The van der Waals surface area contributed by atoms with Crippen LogP contribution in [0, 0.1) is 5.82 Å². The summed E-state index contributed by atoms with van der Waals surface area (Å²) in [5, 5.41) is 11.3. The van der Waals surface area contributed by atoms with Crippen molar-refractivity contribution < 1.29 is 23.8 Å². The van der Waals surface area contributed by atoms with Crippen LogP contribution in [0.15, 0.2) is 60.0 Å². The van der Waals surface area contributed by atoms with Crippen LogP contribution in [0.3, 0.4) is 0 Å². The van der Waals surface area contributed by atoms with Crippen LogP contribution < -0.4 is 4.74 Å². The van der Waals surface area contributed by atoms with E-state index in [0.717, 1.165) is 22.2 Å². The molecule has 0 bridgehead atoms. The molecule has 0 saturated carbocycles. The molecule has 6 nitrogen and oxygen atoms in total. The fourth-order valence-electron chi connectivity index (χ4n) is 3.97. The van der Waals surface area contributed by atoms with Crippen molar-refractivity contribution in [3.8, 4) is 5.75 Å². The van der Waals surface area contributed by atoms with E-state index in [2.05, 4.69) is 4.98 Å². The third-order valence-corrected chi connectivity index (χ3v) is 5.47. The number of carbonyl (C=O) groups excluding carboxylic acids is 2. The highest BCUT2D eigenvalue weighted by atomic mass is 19.1. The summed E-state index contributed by atoms with van der Waals surface area (Å²) in [6.07, 6.45) is 2.37. The minimum Gasteiger partial charge on any atom is -0.503 e. The van der Waals surface area contributed by atoms with Gasteiger partial charge in [-0.25, -0.2) is 4.39 Å². The number of fused-ring (bicyclic) bond motifs is 1. The Bertz CT molecular complexity index is 1160. The van der Waals surface area contributed by atoms with Crippen molar-refractivity contribution in [3.63, 3.8) is 0 Å². The quantitative estimate of drug-likeness (QED) is 0.649. The molecule has 1 aliphatic rings. The van der Waals surface area contributed by atoms with Gasteiger partial charge in [0, 0.05) is 23.6 Å². The molecule has 2 N–H and O–H groups in total. The van der Waals surface area contributed by atoms with Crippen molar-refractivity contribution in [3.05, 3.63) is 76.9 Å². The van der Waals surface area contributed by atoms with Gasteiger partial charge in [-0.05, 0) is 54.8 Å². The standard InChI is InChI=1S/C23H21FN2O4/c1-13(27)20-21(14-3-5-16(24)6-4-14)26(23(29)22(20)28)10-9-15-12-25-19-8-7-17(30-2)11-18(15)19/h3-8,11-12,21,25,28H,9-10H2,1-2H3/t21-/m1/s1. The highest BCUT2D eigenvalue weighted by molar-refractivity contribution is 6.08. The molecule has 1 amide bonds. The number of benzene rings is 2. The average Bonchev–Trinajstić information content (AvgIpc) is 3.25. The Morgan fingerprint density at radius 2 is 1.97 bits per heavy atom. The van der Waals surface area contributed by atoms with Gasteiger partial charge in [0.05, 0.1) is 18.7 Å². The summed E-state index contributed by atoms with van der Waals surface area (Å²) in [6.45, 7) is 1.58. The molecule has 4 rings (SSSR count). The molecule has 7 heteroatoms. The number of Topliss-reactive ketones (excluding diaryl/α,β-unsaturated/α-hetero) is 1. The number of ether oxygens (including phenoxy) is 1. The molecule has 2 aromatic carbocycles. The van der Waals surface area contributed by atoms with E-state index in [-0.39, 0.29) is 12.1 Å². The molecule has 1 atom stereocenters. The highest BCUT2D eigenvalue weighted by Crippen LogP contribution is 2.38. The van der Waals surface area contributed by atoms with Crippen molar-refractivity contribution in [2.24, 2.45) is 0 Å². The molecule has 0 spiro atoms. The first-order valence-electron chi connectivity index (χ1n) is 9.55. The van der Waals surface area contributed by atoms with Crippen LogP contribution in [0.1, 0.15) is 24.1 Å². The summed E-state index contributed by atoms with van der Waals surface area (Å²) in [7, 11) is 1.60. The molecule has 154 valence electrons. The zero-order chi connectivity index (χ0) is 21.4.